The second kappa shape index (κ2) is 6.76. The van der Waals surface area contributed by atoms with E-state index in [1.54, 1.807) is 24.9 Å². The summed E-state index contributed by atoms with van der Waals surface area (Å²) in [5, 5.41) is 2.86. The highest BCUT2D eigenvalue weighted by Gasteiger charge is 2.11. The average Bonchev–Trinajstić information content (AvgIpc) is 3.24. The molecule has 0 fully saturated rings. The number of nitrogens with zero attached hydrogens (tertiary/aromatic N) is 2. The number of hydrogen-bond donors (Lipinski definition) is 1. The van der Waals surface area contributed by atoms with Crippen LogP contribution in [0, 0.1) is 0 Å². The largest absolute Gasteiger partial charge is 0.459 e. The molecular weight excluding hydrogens is 278 g/mol. The maximum absolute atomic E-state index is 12.0. The van der Waals surface area contributed by atoms with E-state index < -0.39 is 0 Å². The zero-order chi connectivity index (χ0) is 15.2. The molecule has 22 heavy (non-hydrogen) atoms. The lowest BCUT2D eigenvalue weighted by atomic mass is 10.1. The molecule has 0 spiro atoms. The molecule has 3 rings (SSSR count). The number of imidazole rings is 1. The van der Waals surface area contributed by atoms with Gasteiger partial charge in [0, 0.05) is 31.0 Å². The summed E-state index contributed by atoms with van der Waals surface area (Å²) in [6.07, 6.45) is 7.86. The smallest absolute Gasteiger partial charge is 0.287 e. The van der Waals surface area contributed by atoms with E-state index in [4.69, 9.17) is 4.42 Å². The van der Waals surface area contributed by atoms with Crippen LogP contribution in [0.5, 0.6) is 0 Å². The highest BCUT2D eigenvalue weighted by molar-refractivity contribution is 5.92. The maximum atomic E-state index is 12.0. The molecule has 0 radical (unpaired) electrons. The van der Waals surface area contributed by atoms with E-state index in [2.05, 4.69) is 10.3 Å². The number of carbonyl (C=O) groups excluding carboxylic acids is 1. The van der Waals surface area contributed by atoms with Crippen molar-refractivity contribution in [3.05, 3.63) is 67.1 Å². The quantitative estimate of drug-likeness (QED) is 0.711. The molecule has 0 saturated carbocycles. The van der Waals surface area contributed by atoms with Crippen LogP contribution in [-0.4, -0.2) is 22.0 Å². The molecule has 0 aliphatic heterocycles. The van der Waals surface area contributed by atoms with Gasteiger partial charge in [0.1, 0.15) is 0 Å². The number of aryl methyl sites for hydroxylation is 1. The van der Waals surface area contributed by atoms with Crippen molar-refractivity contribution in [2.75, 3.05) is 6.54 Å². The van der Waals surface area contributed by atoms with E-state index in [0.29, 0.717) is 12.3 Å². The molecule has 0 aliphatic rings. The van der Waals surface area contributed by atoms with Crippen LogP contribution in [0.15, 0.2) is 65.8 Å². The molecule has 0 aliphatic carbocycles. The van der Waals surface area contributed by atoms with Crippen molar-refractivity contribution in [2.45, 2.75) is 13.0 Å². The monoisotopic (exact) mass is 295 g/mol. The Morgan fingerprint density at radius 2 is 2.09 bits per heavy atom. The third kappa shape index (κ3) is 3.44. The van der Waals surface area contributed by atoms with Crippen LogP contribution in [0.4, 0.5) is 0 Å². The predicted molar refractivity (Wildman–Crippen MR) is 83.3 cm³/mol. The number of hydrogen-bond acceptors (Lipinski definition) is 3. The summed E-state index contributed by atoms with van der Waals surface area (Å²) in [5.41, 5.74) is 1.94. The Labute approximate surface area is 128 Å². The minimum atomic E-state index is -0.187. The van der Waals surface area contributed by atoms with Gasteiger partial charge in [0.2, 0.25) is 0 Å². The summed E-state index contributed by atoms with van der Waals surface area (Å²) in [5.74, 6) is 0.147. The Hall–Kier alpha value is -2.82. The Morgan fingerprint density at radius 3 is 2.86 bits per heavy atom. The molecule has 0 bridgehead atoms. The van der Waals surface area contributed by atoms with Crippen molar-refractivity contribution in [1.29, 1.82) is 0 Å². The molecule has 1 amide bonds. The number of nitrogens with one attached hydrogen (secondary N) is 1. The number of rotatable bonds is 6. The summed E-state index contributed by atoms with van der Waals surface area (Å²) in [4.78, 5) is 16.0. The highest BCUT2D eigenvalue weighted by atomic mass is 16.3. The van der Waals surface area contributed by atoms with Gasteiger partial charge in [-0.3, -0.25) is 4.79 Å². The van der Waals surface area contributed by atoms with Crippen LogP contribution >= 0.6 is 0 Å². The lowest BCUT2D eigenvalue weighted by Crippen LogP contribution is -2.24. The van der Waals surface area contributed by atoms with Gasteiger partial charge in [-0.2, -0.15) is 0 Å². The van der Waals surface area contributed by atoms with E-state index in [-0.39, 0.29) is 5.91 Å². The average molecular weight is 295 g/mol. The Morgan fingerprint density at radius 1 is 1.23 bits per heavy atom. The van der Waals surface area contributed by atoms with Crippen molar-refractivity contribution >= 4 is 5.91 Å². The van der Waals surface area contributed by atoms with Gasteiger partial charge in [0.15, 0.2) is 5.76 Å². The minimum Gasteiger partial charge on any atom is -0.459 e. The maximum Gasteiger partial charge on any atom is 0.287 e. The van der Waals surface area contributed by atoms with E-state index in [1.807, 2.05) is 41.1 Å². The molecule has 0 unspecified atom stereocenters. The summed E-state index contributed by atoms with van der Waals surface area (Å²) < 4.78 is 7.34. The van der Waals surface area contributed by atoms with Gasteiger partial charge < -0.3 is 14.3 Å². The van der Waals surface area contributed by atoms with Crippen molar-refractivity contribution in [3.63, 3.8) is 0 Å². The first-order chi connectivity index (χ1) is 10.8. The second-order valence-electron chi connectivity index (χ2n) is 4.98. The van der Waals surface area contributed by atoms with Gasteiger partial charge in [-0.15, -0.1) is 0 Å². The fourth-order valence-corrected chi connectivity index (χ4v) is 2.21. The summed E-state index contributed by atoms with van der Waals surface area (Å²) in [6, 6.07) is 11.6. The molecule has 2 aromatic heterocycles. The fourth-order valence-electron chi connectivity index (χ4n) is 2.21. The number of amides is 1. The van der Waals surface area contributed by atoms with Gasteiger partial charge in [-0.05, 0) is 18.1 Å². The SMILES string of the molecule is O=C(NCCCn1ccnc1)c1cc(-c2ccccc2)co1. The number of furan rings is 1. The molecule has 3 aromatic rings. The van der Waals surface area contributed by atoms with Gasteiger partial charge >= 0.3 is 0 Å². The predicted octanol–water partition coefficient (Wildman–Crippen LogP) is 2.96. The van der Waals surface area contributed by atoms with Gasteiger partial charge in [-0.25, -0.2) is 4.98 Å². The summed E-state index contributed by atoms with van der Waals surface area (Å²) >= 11 is 0. The van der Waals surface area contributed by atoms with E-state index >= 15 is 0 Å². The van der Waals surface area contributed by atoms with Crippen molar-refractivity contribution in [1.82, 2.24) is 14.9 Å². The minimum absolute atomic E-state index is 0.187. The molecule has 1 N–H and O–H groups in total. The van der Waals surface area contributed by atoms with Crippen molar-refractivity contribution in [2.24, 2.45) is 0 Å². The summed E-state index contributed by atoms with van der Waals surface area (Å²) in [6.45, 7) is 1.42. The Balaban J connectivity index is 1.51. The van der Waals surface area contributed by atoms with Gasteiger partial charge in [0.05, 0.1) is 12.6 Å². The third-order valence-corrected chi connectivity index (χ3v) is 3.37. The summed E-state index contributed by atoms with van der Waals surface area (Å²) in [7, 11) is 0. The zero-order valence-electron chi connectivity index (χ0n) is 12.1. The first kappa shape index (κ1) is 14.1. The molecule has 0 saturated heterocycles. The molecular formula is C17H17N3O2. The van der Waals surface area contributed by atoms with Crippen LogP contribution < -0.4 is 5.32 Å². The number of benzene rings is 1. The number of carbonyl (C=O) groups is 1. The molecule has 5 heteroatoms. The molecule has 2 heterocycles. The van der Waals surface area contributed by atoms with E-state index in [1.165, 1.54) is 0 Å². The molecule has 112 valence electrons. The Kier molecular flexibility index (Phi) is 4.34. The third-order valence-electron chi connectivity index (χ3n) is 3.37. The first-order valence-electron chi connectivity index (χ1n) is 7.21. The van der Waals surface area contributed by atoms with Crippen LogP contribution in [-0.2, 0) is 6.54 Å². The first-order valence-corrected chi connectivity index (χ1v) is 7.21. The number of aromatic nitrogens is 2. The lowest BCUT2D eigenvalue weighted by molar-refractivity contribution is 0.0925. The fraction of sp³-hybridized carbons (Fsp3) is 0.176. The molecule has 1 aromatic carbocycles. The van der Waals surface area contributed by atoms with Crippen molar-refractivity contribution < 1.29 is 9.21 Å². The molecule has 0 atom stereocenters. The van der Waals surface area contributed by atoms with Gasteiger partial charge in [-0.1, -0.05) is 30.3 Å². The standard InChI is InChI=1S/C17H17N3O2/c21-17(19-7-4-9-20-10-8-18-13-20)16-11-15(12-22-16)14-5-2-1-3-6-14/h1-3,5-6,8,10-13H,4,7,9H2,(H,19,21). The van der Waals surface area contributed by atoms with Crippen LogP contribution in [0.2, 0.25) is 0 Å². The van der Waals surface area contributed by atoms with E-state index in [0.717, 1.165) is 24.1 Å². The van der Waals surface area contributed by atoms with Gasteiger partial charge in [0.25, 0.3) is 5.91 Å². The molecule has 5 nitrogen and oxygen atoms in total. The zero-order valence-corrected chi connectivity index (χ0v) is 12.1. The lowest BCUT2D eigenvalue weighted by Gasteiger charge is -2.03. The van der Waals surface area contributed by atoms with Crippen molar-refractivity contribution in [3.8, 4) is 11.1 Å². The van der Waals surface area contributed by atoms with E-state index in [9.17, 15) is 4.79 Å². The van der Waals surface area contributed by atoms with Crippen LogP contribution in [0.1, 0.15) is 17.0 Å². The topological polar surface area (TPSA) is 60.1 Å². The normalized spacial score (nSPS) is 10.5. The Bertz CT molecular complexity index is 717. The van der Waals surface area contributed by atoms with Crippen LogP contribution in [0.25, 0.3) is 11.1 Å². The second-order valence-corrected chi connectivity index (χ2v) is 4.98. The highest BCUT2D eigenvalue weighted by Crippen LogP contribution is 2.21. The van der Waals surface area contributed by atoms with Crippen LogP contribution in [0.3, 0.4) is 0 Å².